The van der Waals surface area contributed by atoms with Crippen molar-refractivity contribution in [2.45, 2.75) is 20.8 Å². The van der Waals surface area contributed by atoms with E-state index in [9.17, 15) is 10.1 Å². The maximum atomic E-state index is 10.7. The summed E-state index contributed by atoms with van der Waals surface area (Å²) in [4.78, 5) is 10.3. The highest BCUT2D eigenvalue weighted by Gasteiger charge is 2.10. The number of nitrogens with one attached hydrogen (secondary N) is 1. The number of nitro groups is 1. The molecule has 0 unspecified atom stereocenters. The van der Waals surface area contributed by atoms with E-state index in [2.05, 4.69) is 19.2 Å². The Kier molecular flexibility index (Phi) is 3.66. The highest BCUT2D eigenvalue weighted by molar-refractivity contribution is 5.54. The van der Waals surface area contributed by atoms with E-state index in [1.807, 2.05) is 6.07 Å². The molecule has 0 spiro atoms. The molecule has 0 heterocycles. The van der Waals surface area contributed by atoms with Gasteiger partial charge in [0.15, 0.2) is 0 Å². The van der Waals surface area contributed by atoms with Gasteiger partial charge >= 0.3 is 0 Å². The van der Waals surface area contributed by atoms with Crippen LogP contribution >= 0.6 is 0 Å². The van der Waals surface area contributed by atoms with Crippen LogP contribution in [0.3, 0.4) is 0 Å². The summed E-state index contributed by atoms with van der Waals surface area (Å²) < 4.78 is 0. The number of nitrogens with zero attached hydrogens (tertiary/aromatic N) is 1. The number of rotatable bonds is 4. The molecule has 0 saturated heterocycles. The van der Waals surface area contributed by atoms with E-state index in [0.717, 1.165) is 12.2 Å². The van der Waals surface area contributed by atoms with Gasteiger partial charge in [0.1, 0.15) is 0 Å². The van der Waals surface area contributed by atoms with Gasteiger partial charge in [-0.05, 0) is 18.9 Å². The standard InChI is InChI=1S/C11H16N2O2/c1-8(2)7-12-10-5-4-9(3)11(6-10)13(14)15/h4-6,8,12H,7H2,1-3H3. The van der Waals surface area contributed by atoms with E-state index in [0.29, 0.717) is 11.5 Å². The summed E-state index contributed by atoms with van der Waals surface area (Å²) in [6.45, 7) is 6.75. The highest BCUT2D eigenvalue weighted by atomic mass is 16.6. The van der Waals surface area contributed by atoms with Crippen molar-refractivity contribution in [3.63, 3.8) is 0 Å². The molecule has 0 saturated carbocycles. The SMILES string of the molecule is Cc1ccc(NCC(C)C)cc1[N+](=O)[O-]. The van der Waals surface area contributed by atoms with Gasteiger partial charge in [0.25, 0.3) is 5.69 Å². The number of benzene rings is 1. The molecule has 0 amide bonds. The molecule has 0 aliphatic heterocycles. The Balaban J connectivity index is 2.83. The highest BCUT2D eigenvalue weighted by Crippen LogP contribution is 2.22. The smallest absolute Gasteiger partial charge is 0.274 e. The van der Waals surface area contributed by atoms with E-state index >= 15 is 0 Å². The topological polar surface area (TPSA) is 55.2 Å². The van der Waals surface area contributed by atoms with Crippen molar-refractivity contribution in [3.05, 3.63) is 33.9 Å². The second kappa shape index (κ2) is 4.77. The molecular formula is C11H16N2O2. The molecule has 0 bridgehead atoms. The zero-order valence-electron chi connectivity index (χ0n) is 9.28. The molecule has 0 atom stereocenters. The van der Waals surface area contributed by atoms with E-state index in [1.54, 1.807) is 19.1 Å². The third kappa shape index (κ3) is 3.23. The fourth-order valence-electron chi connectivity index (χ4n) is 1.24. The minimum absolute atomic E-state index is 0.170. The van der Waals surface area contributed by atoms with E-state index in [1.165, 1.54) is 0 Å². The van der Waals surface area contributed by atoms with Gasteiger partial charge in [-0.25, -0.2) is 0 Å². The molecule has 0 aliphatic rings. The molecule has 1 rings (SSSR count). The summed E-state index contributed by atoms with van der Waals surface area (Å²) in [6.07, 6.45) is 0. The largest absolute Gasteiger partial charge is 0.385 e. The molecule has 0 radical (unpaired) electrons. The minimum atomic E-state index is -0.351. The average molecular weight is 208 g/mol. The second-order valence-electron chi connectivity index (χ2n) is 4.03. The molecule has 15 heavy (non-hydrogen) atoms. The summed E-state index contributed by atoms with van der Waals surface area (Å²) in [6, 6.07) is 5.21. The monoisotopic (exact) mass is 208 g/mol. The third-order valence-corrected chi connectivity index (χ3v) is 2.12. The summed E-state index contributed by atoms with van der Waals surface area (Å²) in [7, 11) is 0. The Morgan fingerprint density at radius 2 is 2.13 bits per heavy atom. The zero-order valence-corrected chi connectivity index (χ0v) is 9.28. The lowest BCUT2D eigenvalue weighted by Gasteiger charge is -2.09. The molecule has 1 aromatic rings. The molecular weight excluding hydrogens is 192 g/mol. The lowest BCUT2D eigenvalue weighted by Crippen LogP contribution is -2.08. The number of hydrogen-bond acceptors (Lipinski definition) is 3. The maximum Gasteiger partial charge on any atom is 0.274 e. The van der Waals surface area contributed by atoms with Crippen molar-refractivity contribution in [2.75, 3.05) is 11.9 Å². The molecule has 0 fully saturated rings. The Morgan fingerprint density at radius 3 is 2.67 bits per heavy atom. The number of nitro benzene ring substituents is 1. The van der Waals surface area contributed by atoms with Crippen molar-refractivity contribution >= 4 is 11.4 Å². The van der Waals surface area contributed by atoms with Crippen LogP contribution in [0.5, 0.6) is 0 Å². The van der Waals surface area contributed by atoms with Crippen LogP contribution in [0.15, 0.2) is 18.2 Å². The van der Waals surface area contributed by atoms with E-state index < -0.39 is 0 Å². The molecule has 0 aromatic heterocycles. The lowest BCUT2D eigenvalue weighted by molar-refractivity contribution is -0.385. The number of hydrogen-bond donors (Lipinski definition) is 1. The Labute approximate surface area is 89.5 Å². The van der Waals surface area contributed by atoms with Crippen molar-refractivity contribution in [1.29, 1.82) is 0 Å². The van der Waals surface area contributed by atoms with Gasteiger partial charge in [-0.3, -0.25) is 10.1 Å². The number of anilines is 1. The molecule has 0 aliphatic carbocycles. The average Bonchev–Trinajstić information content (AvgIpc) is 2.16. The molecule has 4 heteroatoms. The summed E-state index contributed by atoms with van der Waals surface area (Å²) in [5.41, 5.74) is 1.67. The Hall–Kier alpha value is -1.58. The molecule has 1 N–H and O–H groups in total. The van der Waals surface area contributed by atoms with Crippen molar-refractivity contribution in [3.8, 4) is 0 Å². The summed E-state index contributed by atoms with van der Waals surface area (Å²) in [5, 5.41) is 13.9. The third-order valence-electron chi connectivity index (χ3n) is 2.12. The predicted octanol–water partition coefficient (Wildman–Crippen LogP) is 2.97. The van der Waals surface area contributed by atoms with Crippen LogP contribution < -0.4 is 5.32 Å². The van der Waals surface area contributed by atoms with Gasteiger partial charge < -0.3 is 5.32 Å². The van der Waals surface area contributed by atoms with E-state index in [-0.39, 0.29) is 10.6 Å². The van der Waals surface area contributed by atoms with Crippen molar-refractivity contribution < 1.29 is 4.92 Å². The van der Waals surface area contributed by atoms with Crippen LogP contribution in [-0.4, -0.2) is 11.5 Å². The number of aryl methyl sites for hydroxylation is 1. The summed E-state index contributed by atoms with van der Waals surface area (Å²) in [5.74, 6) is 0.519. The van der Waals surface area contributed by atoms with Crippen LogP contribution in [0.4, 0.5) is 11.4 Å². The quantitative estimate of drug-likeness (QED) is 0.611. The fourth-order valence-corrected chi connectivity index (χ4v) is 1.24. The van der Waals surface area contributed by atoms with Gasteiger partial charge in [0.05, 0.1) is 4.92 Å². The first-order valence-electron chi connectivity index (χ1n) is 4.99. The van der Waals surface area contributed by atoms with Crippen molar-refractivity contribution in [1.82, 2.24) is 0 Å². The van der Waals surface area contributed by atoms with Crippen LogP contribution in [0.2, 0.25) is 0 Å². The van der Waals surface area contributed by atoms with Gasteiger partial charge in [0, 0.05) is 23.9 Å². The molecule has 82 valence electrons. The maximum absolute atomic E-state index is 10.7. The van der Waals surface area contributed by atoms with Gasteiger partial charge in [-0.15, -0.1) is 0 Å². The first-order valence-corrected chi connectivity index (χ1v) is 4.99. The van der Waals surface area contributed by atoms with Gasteiger partial charge in [0.2, 0.25) is 0 Å². The minimum Gasteiger partial charge on any atom is -0.385 e. The van der Waals surface area contributed by atoms with E-state index in [4.69, 9.17) is 0 Å². The lowest BCUT2D eigenvalue weighted by atomic mass is 10.1. The van der Waals surface area contributed by atoms with Crippen LogP contribution in [0, 0.1) is 23.0 Å². The fraction of sp³-hybridized carbons (Fsp3) is 0.455. The predicted molar refractivity (Wildman–Crippen MR) is 61.2 cm³/mol. The van der Waals surface area contributed by atoms with Crippen LogP contribution in [-0.2, 0) is 0 Å². The molecule has 4 nitrogen and oxygen atoms in total. The van der Waals surface area contributed by atoms with Crippen LogP contribution in [0.25, 0.3) is 0 Å². The summed E-state index contributed by atoms with van der Waals surface area (Å²) >= 11 is 0. The second-order valence-corrected chi connectivity index (χ2v) is 4.03. The first kappa shape index (κ1) is 11.5. The zero-order chi connectivity index (χ0) is 11.4. The van der Waals surface area contributed by atoms with Crippen molar-refractivity contribution in [2.24, 2.45) is 5.92 Å². The first-order chi connectivity index (χ1) is 7.00. The van der Waals surface area contributed by atoms with Crippen LogP contribution in [0.1, 0.15) is 19.4 Å². The van der Waals surface area contributed by atoms with Gasteiger partial charge in [-0.1, -0.05) is 19.9 Å². The molecule has 1 aromatic carbocycles. The van der Waals surface area contributed by atoms with Gasteiger partial charge in [-0.2, -0.15) is 0 Å². The normalized spacial score (nSPS) is 10.4. The Morgan fingerprint density at radius 1 is 1.47 bits per heavy atom. The Bertz CT molecular complexity index is 362.